The summed E-state index contributed by atoms with van der Waals surface area (Å²) >= 11 is 1.23. The third-order valence-corrected chi connectivity index (χ3v) is 5.48. The van der Waals surface area contributed by atoms with Crippen LogP contribution >= 0.6 is 11.3 Å². The normalized spacial score (nSPS) is 10.7. The first-order valence-electron chi connectivity index (χ1n) is 9.02. The van der Waals surface area contributed by atoms with Crippen molar-refractivity contribution in [3.63, 3.8) is 0 Å². The standard InChI is InChI=1S/C22H16FN3O3S/c1-29-21(28)15-10-8-14(9-11-15)20(27)26(13-16-5-2-3-12-24-16)22-25-19-17(23)6-4-7-18(19)30-22/h2-12H,13H2,1H3. The fourth-order valence-corrected chi connectivity index (χ4v) is 3.90. The summed E-state index contributed by atoms with van der Waals surface area (Å²) in [6.07, 6.45) is 1.64. The lowest BCUT2D eigenvalue weighted by Crippen LogP contribution is -2.30. The highest BCUT2D eigenvalue weighted by Gasteiger charge is 2.23. The molecule has 0 saturated heterocycles. The summed E-state index contributed by atoms with van der Waals surface area (Å²) in [7, 11) is 1.29. The van der Waals surface area contributed by atoms with E-state index in [-0.39, 0.29) is 18.0 Å². The van der Waals surface area contributed by atoms with Gasteiger partial charge in [0.15, 0.2) is 5.13 Å². The maximum Gasteiger partial charge on any atom is 0.337 e. The Hall–Kier alpha value is -3.65. The molecule has 150 valence electrons. The van der Waals surface area contributed by atoms with Crippen LogP contribution in [0.3, 0.4) is 0 Å². The summed E-state index contributed by atoms with van der Waals surface area (Å²) in [6.45, 7) is 0.167. The molecule has 0 bridgehead atoms. The van der Waals surface area contributed by atoms with Crippen LogP contribution < -0.4 is 4.90 Å². The Morgan fingerprint density at radius 1 is 1.03 bits per heavy atom. The van der Waals surface area contributed by atoms with Crippen LogP contribution in [-0.4, -0.2) is 29.0 Å². The van der Waals surface area contributed by atoms with Gasteiger partial charge < -0.3 is 4.74 Å². The SMILES string of the molecule is COC(=O)c1ccc(C(=O)N(Cc2ccccn2)c2nc3c(F)cccc3s2)cc1. The van der Waals surface area contributed by atoms with Gasteiger partial charge in [0.05, 0.1) is 29.6 Å². The topological polar surface area (TPSA) is 72.4 Å². The Labute approximate surface area is 175 Å². The number of methoxy groups -OCH3 is 1. The van der Waals surface area contributed by atoms with Crippen molar-refractivity contribution in [2.24, 2.45) is 0 Å². The van der Waals surface area contributed by atoms with E-state index in [2.05, 4.69) is 9.97 Å². The Morgan fingerprint density at radius 3 is 2.47 bits per heavy atom. The molecule has 0 aliphatic rings. The van der Waals surface area contributed by atoms with E-state index >= 15 is 0 Å². The number of amides is 1. The molecule has 0 N–H and O–H groups in total. The number of fused-ring (bicyclic) bond motifs is 1. The van der Waals surface area contributed by atoms with Crippen molar-refractivity contribution >= 4 is 38.6 Å². The minimum atomic E-state index is -0.485. The molecule has 4 aromatic rings. The van der Waals surface area contributed by atoms with Crippen LogP contribution in [0.2, 0.25) is 0 Å². The second-order valence-corrected chi connectivity index (χ2v) is 7.37. The van der Waals surface area contributed by atoms with Crippen molar-refractivity contribution in [3.8, 4) is 0 Å². The van der Waals surface area contributed by atoms with E-state index in [1.807, 2.05) is 6.07 Å². The molecular formula is C22H16FN3O3S. The second kappa shape index (κ2) is 8.38. The van der Waals surface area contributed by atoms with Crippen molar-refractivity contribution in [1.29, 1.82) is 0 Å². The highest BCUT2D eigenvalue weighted by Crippen LogP contribution is 2.32. The molecule has 0 fully saturated rings. The molecule has 0 aliphatic heterocycles. The number of halogens is 1. The van der Waals surface area contributed by atoms with Gasteiger partial charge >= 0.3 is 5.97 Å². The first kappa shape index (κ1) is 19.7. The molecule has 0 atom stereocenters. The zero-order chi connectivity index (χ0) is 21.1. The highest BCUT2D eigenvalue weighted by atomic mass is 32.1. The number of anilines is 1. The van der Waals surface area contributed by atoms with Gasteiger partial charge in [-0.3, -0.25) is 14.7 Å². The summed E-state index contributed by atoms with van der Waals surface area (Å²) in [5.74, 6) is -1.26. The summed E-state index contributed by atoms with van der Waals surface area (Å²) in [5, 5.41) is 0.364. The molecule has 8 heteroatoms. The molecule has 0 unspecified atom stereocenters. The Morgan fingerprint density at radius 2 is 1.80 bits per heavy atom. The fourth-order valence-electron chi connectivity index (χ4n) is 2.92. The highest BCUT2D eigenvalue weighted by molar-refractivity contribution is 7.22. The molecular weight excluding hydrogens is 405 g/mol. The molecule has 2 heterocycles. The van der Waals surface area contributed by atoms with Gasteiger partial charge in [-0.1, -0.05) is 23.5 Å². The number of hydrogen-bond donors (Lipinski definition) is 0. The van der Waals surface area contributed by atoms with Crippen molar-refractivity contribution in [2.45, 2.75) is 6.54 Å². The van der Waals surface area contributed by atoms with Gasteiger partial charge in [-0.15, -0.1) is 0 Å². The number of aromatic nitrogens is 2. The number of pyridine rings is 1. The third-order valence-electron chi connectivity index (χ3n) is 4.43. The number of hydrogen-bond acceptors (Lipinski definition) is 6. The van der Waals surface area contributed by atoms with Crippen LogP contribution in [0.5, 0.6) is 0 Å². The minimum absolute atomic E-state index is 0.167. The lowest BCUT2D eigenvalue weighted by molar-refractivity contribution is 0.0600. The summed E-state index contributed by atoms with van der Waals surface area (Å²) in [6, 6.07) is 16.3. The van der Waals surface area contributed by atoms with Gasteiger partial charge in [0.2, 0.25) is 0 Å². The fraction of sp³-hybridized carbons (Fsp3) is 0.0909. The van der Waals surface area contributed by atoms with Crippen LogP contribution in [0, 0.1) is 5.82 Å². The first-order chi connectivity index (χ1) is 14.6. The zero-order valence-electron chi connectivity index (χ0n) is 15.9. The van der Waals surface area contributed by atoms with Crippen LogP contribution in [0.1, 0.15) is 26.4 Å². The Kier molecular flexibility index (Phi) is 5.49. The molecule has 4 rings (SSSR count). The second-order valence-electron chi connectivity index (χ2n) is 6.36. The summed E-state index contributed by atoms with van der Waals surface area (Å²) < 4.78 is 19.5. The predicted octanol–water partition coefficient (Wildman–Crippen LogP) is 4.46. The number of nitrogens with zero attached hydrogens (tertiary/aromatic N) is 3. The van der Waals surface area contributed by atoms with Crippen LogP contribution in [0.25, 0.3) is 10.2 Å². The van der Waals surface area contributed by atoms with E-state index in [1.54, 1.807) is 42.6 Å². The molecule has 0 aliphatic carbocycles. The zero-order valence-corrected chi connectivity index (χ0v) is 16.7. The van der Waals surface area contributed by atoms with Crippen LogP contribution in [0.15, 0.2) is 66.9 Å². The number of para-hydroxylation sites is 1. The summed E-state index contributed by atoms with van der Waals surface area (Å²) in [5.41, 5.74) is 1.58. The molecule has 30 heavy (non-hydrogen) atoms. The minimum Gasteiger partial charge on any atom is -0.465 e. The Bertz CT molecular complexity index is 1210. The number of rotatable bonds is 5. The van der Waals surface area contributed by atoms with Crippen molar-refractivity contribution in [1.82, 2.24) is 9.97 Å². The van der Waals surface area contributed by atoms with E-state index < -0.39 is 11.8 Å². The van der Waals surface area contributed by atoms with E-state index in [0.29, 0.717) is 26.7 Å². The monoisotopic (exact) mass is 421 g/mol. The van der Waals surface area contributed by atoms with Crippen molar-refractivity contribution < 1.29 is 18.7 Å². The van der Waals surface area contributed by atoms with E-state index in [4.69, 9.17) is 4.74 Å². The maximum atomic E-state index is 14.2. The van der Waals surface area contributed by atoms with Gasteiger partial charge in [0.25, 0.3) is 5.91 Å². The lowest BCUT2D eigenvalue weighted by Gasteiger charge is -2.19. The molecule has 2 aromatic heterocycles. The van der Waals surface area contributed by atoms with E-state index in [1.165, 1.54) is 41.5 Å². The Balaban J connectivity index is 1.73. The molecule has 0 radical (unpaired) electrons. The largest absolute Gasteiger partial charge is 0.465 e. The average molecular weight is 421 g/mol. The molecule has 2 aromatic carbocycles. The van der Waals surface area contributed by atoms with Gasteiger partial charge in [0.1, 0.15) is 11.3 Å². The number of ether oxygens (including phenoxy) is 1. The van der Waals surface area contributed by atoms with Crippen LogP contribution in [0.4, 0.5) is 9.52 Å². The van der Waals surface area contributed by atoms with Crippen molar-refractivity contribution in [3.05, 3.63) is 89.5 Å². The number of benzene rings is 2. The van der Waals surface area contributed by atoms with E-state index in [0.717, 1.165) is 0 Å². The van der Waals surface area contributed by atoms with Gasteiger partial charge in [0, 0.05) is 11.8 Å². The number of carbonyl (C=O) groups excluding carboxylic acids is 2. The quantitative estimate of drug-likeness (QED) is 0.445. The number of thiazole rings is 1. The average Bonchev–Trinajstić information content (AvgIpc) is 3.23. The third kappa shape index (κ3) is 3.90. The molecule has 1 amide bonds. The number of carbonyl (C=O) groups is 2. The summed E-state index contributed by atoms with van der Waals surface area (Å²) in [4.78, 5) is 35.1. The maximum absolute atomic E-state index is 14.2. The molecule has 6 nitrogen and oxygen atoms in total. The predicted molar refractivity (Wildman–Crippen MR) is 112 cm³/mol. The molecule has 0 saturated carbocycles. The number of esters is 1. The van der Waals surface area contributed by atoms with Gasteiger partial charge in [-0.05, 0) is 48.5 Å². The van der Waals surface area contributed by atoms with Gasteiger partial charge in [-0.25, -0.2) is 14.2 Å². The van der Waals surface area contributed by atoms with Crippen molar-refractivity contribution in [2.75, 3.05) is 12.0 Å². The smallest absolute Gasteiger partial charge is 0.337 e. The van der Waals surface area contributed by atoms with Crippen LogP contribution in [-0.2, 0) is 11.3 Å². The first-order valence-corrected chi connectivity index (χ1v) is 9.83. The van der Waals surface area contributed by atoms with Gasteiger partial charge in [-0.2, -0.15) is 0 Å². The lowest BCUT2D eigenvalue weighted by atomic mass is 10.1. The van der Waals surface area contributed by atoms with E-state index in [9.17, 15) is 14.0 Å². The molecule has 0 spiro atoms.